The first-order valence-electron chi connectivity index (χ1n) is 8.45. The number of carboxylic acid groups (broad SMARTS) is 1. The van der Waals surface area contributed by atoms with Crippen molar-refractivity contribution < 1.29 is 9.90 Å². The smallest absolute Gasteiger partial charge is 0.355 e. The van der Waals surface area contributed by atoms with E-state index in [0.717, 1.165) is 16.8 Å². The van der Waals surface area contributed by atoms with Crippen molar-refractivity contribution in [2.45, 2.75) is 19.8 Å². The van der Waals surface area contributed by atoms with Crippen molar-refractivity contribution in [1.29, 1.82) is 0 Å². The van der Waals surface area contributed by atoms with Crippen LogP contribution in [0.25, 0.3) is 27.5 Å². The van der Waals surface area contributed by atoms with Crippen molar-refractivity contribution in [3.8, 4) is 22.5 Å². The lowest BCUT2D eigenvalue weighted by Gasteiger charge is -2.07. The van der Waals surface area contributed by atoms with Crippen LogP contribution in [0.15, 0.2) is 60.0 Å². The fraction of sp³-hybridized carbons (Fsp3) is 0.143. The van der Waals surface area contributed by atoms with Crippen LogP contribution >= 0.6 is 11.3 Å². The molecule has 0 saturated carbocycles. The summed E-state index contributed by atoms with van der Waals surface area (Å²) < 4.78 is 1.75. The number of aromatic carboxylic acids is 1. The summed E-state index contributed by atoms with van der Waals surface area (Å²) in [6, 6.07) is 17.7. The molecule has 0 amide bonds. The third kappa shape index (κ3) is 2.70. The Morgan fingerprint density at radius 1 is 1.04 bits per heavy atom. The van der Waals surface area contributed by atoms with Gasteiger partial charge in [-0.25, -0.2) is 9.78 Å². The second kappa shape index (κ2) is 6.42. The average Bonchev–Trinajstić information content (AvgIpc) is 3.21. The summed E-state index contributed by atoms with van der Waals surface area (Å²) >= 11 is 1.45. The molecule has 4 rings (SSSR count). The van der Waals surface area contributed by atoms with E-state index in [1.807, 2.05) is 47.8 Å². The normalized spacial score (nSPS) is 11.3. The Labute approximate surface area is 155 Å². The van der Waals surface area contributed by atoms with Gasteiger partial charge in [-0.15, -0.1) is 11.3 Å². The predicted molar refractivity (Wildman–Crippen MR) is 105 cm³/mol. The first-order chi connectivity index (χ1) is 12.6. The summed E-state index contributed by atoms with van der Waals surface area (Å²) in [5.41, 5.74) is 4.61. The maximum Gasteiger partial charge on any atom is 0.355 e. The standard InChI is InChI=1S/C21H18N2O2S/c1-13(2)14-8-10-15(11-9-14)17-12-26-21-22-18(16-6-4-3-5-7-16)19(20(24)25)23(17)21/h3-13H,1-2H3,(H,24,25). The van der Waals surface area contributed by atoms with E-state index in [0.29, 0.717) is 16.6 Å². The van der Waals surface area contributed by atoms with E-state index in [9.17, 15) is 9.90 Å². The maximum atomic E-state index is 12.0. The molecule has 2 aromatic heterocycles. The molecule has 0 aliphatic rings. The highest BCUT2D eigenvalue weighted by Crippen LogP contribution is 2.33. The van der Waals surface area contributed by atoms with E-state index in [1.54, 1.807) is 4.40 Å². The Kier molecular flexibility index (Phi) is 4.09. The molecule has 0 saturated heterocycles. The Morgan fingerprint density at radius 2 is 1.73 bits per heavy atom. The monoisotopic (exact) mass is 362 g/mol. The van der Waals surface area contributed by atoms with Crippen LogP contribution in [0.5, 0.6) is 0 Å². The van der Waals surface area contributed by atoms with Gasteiger partial charge < -0.3 is 5.11 Å². The summed E-state index contributed by atoms with van der Waals surface area (Å²) in [6.45, 7) is 4.31. The van der Waals surface area contributed by atoms with Gasteiger partial charge in [0.25, 0.3) is 0 Å². The number of aromatic nitrogens is 2. The third-order valence-corrected chi connectivity index (χ3v) is 5.31. The van der Waals surface area contributed by atoms with Crippen molar-refractivity contribution in [2.75, 3.05) is 0 Å². The largest absolute Gasteiger partial charge is 0.476 e. The first-order valence-corrected chi connectivity index (χ1v) is 9.33. The lowest BCUT2D eigenvalue weighted by atomic mass is 10.0. The fourth-order valence-electron chi connectivity index (χ4n) is 3.09. The van der Waals surface area contributed by atoms with Crippen molar-refractivity contribution >= 4 is 22.3 Å². The Bertz CT molecular complexity index is 1080. The molecule has 2 aromatic carbocycles. The van der Waals surface area contributed by atoms with Gasteiger partial charge in [0.1, 0.15) is 5.69 Å². The van der Waals surface area contributed by atoms with E-state index < -0.39 is 5.97 Å². The molecule has 0 atom stereocenters. The number of nitrogens with zero attached hydrogens (tertiary/aromatic N) is 2. The zero-order valence-corrected chi connectivity index (χ0v) is 15.3. The highest BCUT2D eigenvalue weighted by atomic mass is 32.1. The first kappa shape index (κ1) is 16.5. The SMILES string of the molecule is CC(C)c1ccc(-c2csc3nc(-c4ccccc4)c(C(=O)O)n23)cc1. The molecule has 2 heterocycles. The van der Waals surface area contributed by atoms with E-state index in [1.165, 1.54) is 16.9 Å². The highest BCUT2D eigenvalue weighted by molar-refractivity contribution is 7.15. The van der Waals surface area contributed by atoms with Crippen LogP contribution < -0.4 is 0 Å². The number of thiazole rings is 1. The second-order valence-electron chi connectivity index (χ2n) is 6.50. The van der Waals surface area contributed by atoms with Crippen molar-refractivity contribution in [2.24, 2.45) is 0 Å². The molecule has 0 radical (unpaired) electrons. The second-order valence-corrected chi connectivity index (χ2v) is 7.33. The fourth-order valence-corrected chi connectivity index (χ4v) is 3.99. The minimum atomic E-state index is -0.977. The van der Waals surface area contributed by atoms with Gasteiger partial charge in [0.15, 0.2) is 10.7 Å². The predicted octanol–water partition coefficient (Wildman–Crippen LogP) is 5.55. The Hall–Kier alpha value is -2.92. The Balaban J connectivity index is 1.92. The molecule has 130 valence electrons. The van der Waals surface area contributed by atoms with E-state index >= 15 is 0 Å². The van der Waals surface area contributed by atoms with Gasteiger partial charge in [-0.2, -0.15) is 0 Å². The summed E-state index contributed by atoms with van der Waals surface area (Å²) in [4.78, 5) is 17.3. The van der Waals surface area contributed by atoms with Gasteiger partial charge >= 0.3 is 5.97 Å². The molecule has 26 heavy (non-hydrogen) atoms. The summed E-state index contributed by atoms with van der Waals surface area (Å²) in [5.74, 6) is -0.520. The number of rotatable bonds is 4. The minimum Gasteiger partial charge on any atom is -0.476 e. The lowest BCUT2D eigenvalue weighted by Crippen LogP contribution is -2.04. The quantitative estimate of drug-likeness (QED) is 0.518. The minimum absolute atomic E-state index is 0.204. The molecule has 0 aliphatic carbocycles. The summed E-state index contributed by atoms with van der Waals surface area (Å²) in [6.07, 6.45) is 0. The maximum absolute atomic E-state index is 12.0. The van der Waals surface area contributed by atoms with Crippen LogP contribution in [-0.2, 0) is 0 Å². The van der Waals surface area contributed by atoms with Crippen LogP contribution in [0.1, 0.15) is 35.8 Å². The zero-order chi connectivity index (χ0) is 18.3. The molecule has 0 spiro atoms. The van der Waals surface area contributed by atoms with Gasteiger partial charge in [0.2, 0.25) is 0 Å². The van der Waals surface area contributed by atoms with E-state index in [-0.39, 0.29) is 5.69 Å². The van der Waals surface area contributed by atoms with Crippen molar-refractivity contribution in [3.63, 3.8) is 0 Å². The molecular weight excluding hydrogens is 344 g/mol. The number of hydrogen-bond donors (Lipinski definition) is 1. The third-order valence-electron chi connectivity index (χ3n) is 4.49. The number of imidazole rings is 1. The van der Waals surface area contributed by atoms with Gasteiger partial charge in [0, 0.05) is 10.9 Å². The van der Waals surface area contributed by atoms with Gasteiger partial charge in [-0.3, -0.25) is 4.40 Å². The van der Waals surface area contributed by atoms with Crippen LogP contribution in [-0.4, -0.2) is 20.5 Å². The van der Waals surface area contributed by atoms with Gasteiger partial charge in [0.05, 0.1) is 5.69 Å². The summed E-state index contributed by atoms with van der Waals surface area (Å²) in [5, 5.41) is 11.8. The molecule has 1 N–H and O–H groups in total. The molecule has 5 heteroatoms. The van der Waals surface area contributed by atoms with Crippen LogP contribution in [0.4, 0.5) is 0 Å². The topological polar surface area (TPSA) is 54.6 Å². The van der Waals surface area contributed by atoms with Crippen LogP contribution in [0.2, 0.25) is 0 Å². The molecule has 0 fully saturated rings. The molecular formula is C21H18N2O2S. The van der Waals surface area contributed by atoms with Crippen LogP contribution in [0, 0.1) is 0 Å². The number of hydrogen-bond acceptors (Lipinski definition) is 3. The number of carboxylic acids is 1. The number of carbonyl (C=O) groups is 1. The molecule has 0 unspecified atom stereocenters. The average molecular weight is 362 g/mol. The van der Waals surface area contributed by atoms with E-state index in [4.69, 9.17) is 0 Å². The lowest BCUT2D eigenvalue weighted by molar-refractivity contribution is 0.0690. The van der Waals surface area contributed by atoms with E-state index in [2.05, 4.69) is 31.0 Å². The number of benzene rings is 2. The zero-order valence-electron chi connectivity index (χ0n) is 14.5. The highest BCUT2D eigenvalue weighted by Gasteiger charge is 2.23. The molecule has 0 bridgehead atoms. The van der Waals surface area contributed by atoms with Gasteiger partial charge in [-0.05, 0) is 17.0 Å². The molecule has 0 aliphatic heterocycles. The van der Waals surface area contributed by atoms with Gasteiger partial charge in [-0.1, -0.05) is 68.4 Å². The molecule has 4 aromatic rings. The molecule has 4 nitrogen and oxygen atoms in total. The van der Waals surface area contributed by atoms with Crippen molar-refractivity contribution in [3.05, 3.63) is 71.2 Å². The number of fused-ring (bicyclic) bond motifs is 1. The van der Waals surface area contributed by atoms with Crippen molar-refractivity contribution in [1.82, 2.24) is 9.38 Å². The summed E-state index contributed by atoms with van der Waals surface area (Å²) in [7, 11) is 0. The Morgan fingerprint density at radius 3 is 2.35 bits per heavy atom. The van der Waals surface area contributed by atoms with Crippen LogP contribution in [0.3, 0.4) is 0 Å².